The van der Waals surface area contributed by atoms with Gasteiger partial charge in [0.15, 0.2) is 5.78 Å². The fraction of sp³-hybridized carbons (Fsp3) is 0.267. The van der Waals surface area contributed by atoms with Crippen molar-refractivity contribution in [2.45, 2.75) is 27.2 Å². The third-order valence-electron chi connectivity index (χ3n) is 2.89. The Labute approximate surface area is 107 Å². The van der Waals surface area contributed by atoms with E-state index in [1.54, 1.807) is 18.5 Å². The first-order valence-electron chi connectivity index (χ1n) is 5.95. The molecule has 0 atom stereocenters. The molecule has 0 saturated heterocycles. The van der Waals surface area contributed by atoms with Crippen LogP contribution < -0.4 is 0 Å². The highest BCUT2D eigenvalue weighted by Gasteiger charge is 2.14. The van der Waals surface area contributed by atoms with E-state index in [9.17, 15) is 4.79 Å². The summed E-state index contributed by atoms with van der Waals surface area (Å²) in [7, 11) is 0. The maximum Gasteiger partial charge on any atom is 0.170 e. The van der Waals surface area contributed by atoms with Gasteiger partial charge in [-0.25, -0.2) is 9.97 Å². The monoisotopic (exact) mass is 240 g/mol. The van der Waals surface area contributed by atoms with Crippen molar-refractivity contribution in [1.82, 2.24) is 9.97 Å². The lowest BCUT2D eigenvalue weighted by atomic mass is 9.95. The predicted molar refractivity (Wildman–Crippen MR) is 70.7 cm³/mol. The number of carbonyl (C=O) groups excluding carboxylic acids is 1. The molecule has 0 bridgehead atoms. The molecular weight excluding hydrogens is 224 g/mol. The molecule has 3 heteroatoms. The Hall–Kier alpha value is -2.03. The van der Waals surface area contributed by atoms with Crippen LogP contribution in [0.4, 0.5) is 0 Å². The molecule has 0 radical (unpaired) electrons. The molecule has 1 heterocycles. The Morgan fingerprint density at radius 2 is 1.61 bits per heavy atom. The molecule has 0 spiro atoms. The number of benzene rings is 1. The average Bonchev–Trinajstić information content (AvgIpc) is 2.28. The Morgan fingerprint density at radius 1 is 1.06 bits per heavy atom. The summed E-state index contributed by atoms with van der Waals surface area (Å²) < 4.78 is 0. The summed E-state index contributed by atoms with van der Waals surface area (Å²) in [6.45, 7) is 5.98. The van der Waals surface area contributed by atoms with Crippen LogP contribution >= 0.6 is 0 Å². The van der Waals surface area contributed by atoms with Crippen LogP contribution in [0.5, 0.6) is 0 Å². The molecule has 0 aliphatic heterocycles. The molecule has 18 heavy (non-hydrogen) atoms. The number of hydrogen-bond acceptors (Lipinski definition) is 3. The zero-order valence-corrected chi connectivity index (χ0v) is 10.9. The zero-order valence-electron chi connectivity index (χ0n) is 10.9. The predicted octanol–water partition coefficient (Wildman–Crippen LogP) is 2.83. The lowest BCUT2D eigenvalue weighted by Gasteiger charge is -2.09. The first-order valence-corrected chi connectivity index (χ1v) is 5.95. The summed E-state index contributed by atoms with van der Waals surface area (Å²) >= 11 is 0. The van der Waals surface area contributed by atoms with Crippen molar-refractivity contribution in [3.05, 3.63) is 58.7 Å². The second-order valence-electron chi connectivity index (χ2n) is 4.54. The highest BCUT2D eigenvalue weighted by Crippen LogP contribution is 2.18. The SMILES string of the molecule is Cc1cc(C)c(C(=O)Cc2ncccn2)c(C)c1. The van der Waals surface area contributed by atoms with Crippen molar-refractivity contribution in [1.29, 1.82) is 0 Å². The minimum Gasteiger partial charge on any atom is -0.294 e. The first-order chi connectivity index (χ1) is 8.58. The van der Waals surface area contributed by atoms with Gasteiger partial charge in [-0.1, -0.05) is 17.7 Å². The minimum absolute atomic E-state index is 0.0798. The topological polar surface area (TPSA) is 42.9 Å². The van der Waals surface area contributed by atoms with E-state index < -0.39 is 0 Å². The van der Waals surface area contributed by atoms with Gasteiger partial charge in [0, 0.05) is 18.0 Å². The van der Waals surface area contributed by atoms with Crippen LogP contribution in [0.15, 0.2) is 30.6 Å². The Bertz CT molecular complexity index is 553. The quantitative estimate of drug-likeness (QED) is 0.775. The van der Waals surface area contributed by atoms with Gasteiger partial charge >= 0.3 is 0 Å². The van der Waals surface area contributed by atoms with E-state index in [2.05, 4.69) is 9.97 Å². The van der Waals surface area contributed by atoms with Gasteiger partial charge in [0.1, 0.15) is 5.82 Å². The van der Waals surface area contributed by atoms with Gasteiger partial charge in [0.2, 0.25) is 0 Å². The van der Waals surface area contributed by atoms with Crippen LogP contribution in [-0.2, 0) is 6.42 Å². The average molecular weight is 240 g/mol. The smallest absolute Gasteiger partial charge is 0.170 e. The van der Waals surface area contributed by atoms with E-state index in [-0.39, 0.29) is 12.2 Å². The van der Waals surface area contributed by atoms with E-state index in [0.717, 1.165) is 16.7 Å². The van der Waals surface area contributed by atoms with Crippen LogP contribution in [0.25, 0.3) is 0 Å². The summed E-state index contributed by atoms with van der Waals surface area (Å²) in [6.07, 6.45) is 3.57. The van der Waals surface area contributed by atoms with Gasteiger partial charge in [-0.3, -0.25) is 4.79 Å². The number of rotatable bonds is 3. The van der Waals surface area contributed by atoms with Crippen LogP contribution in [-0.4, -0.2) is 15.8 Å². The van der Waals surface area contributed by atoms with Crippen LogP contribution in [0.3, 0.4) is 0 Å². The second-order valence-corrected chi connectivity index (χ2v) is 4.54. The molecule has 2 aromatic rings. The van der Waals surface area contributed by atoms with Gasteiger partial charge < -0.3 is 0 Å². The van der Waals surface area contributed by atoms with E-state index in [1.165, 1.54) is 5.56 Å². The van der Waals surface area contributed by atoms with E-state index in [4.69, 9.17) is 0 Å². The second kappa shape index (κ2) is 5.08. The molecule has 1 aromatic carbocycles. The number of ketones is 1. The molecule has 92 valence electrons. The van der Waals surface area contributed by atoms with Gasteiger partial charge in [-0.15, -0.1) is 0 Å². The summed E-state index contributed by atoms with van der Waals surface area (Å²) in [5.41, 5.74) is 4.02. The molecule has 3 nitrogen and oxygen atoms in total. The lowest BCUT2D eigenvalue weighted by Crippen LogP contribution is -2.10. The van der Waals surface area contributed by atoms with Crippen molar-refractivity contribution in [2.24, 2.45) is 0 Å². The summed E-state index contributed by atoms with van der Waals surface area (Å²) in [4.78, 5) is 20.5. The zero-order chi connectivity index (χ0) is 13.1. The molecule has 2 rings (SSSR count). The van der Waals surface area contributed by atoms with Crippen molar-refractivity contribution in [2.75, 3.05) is 0 Å². The number of aryl methyl sites for hydroxylation is 3. The molecule has 0 aliphatic rings. The van der Waals surface area contributed by atoms with Crippen molar-refractivity contribution >= 4 is 5.78 Å². The number of Topliss-reactive ketones (excluding diaryl/α,β-unsaturated/α-hetero) is 1. The van der Waals surface area contributed by atoms with Crippen LogP contribution in [0.2, 0.25) is 0 Å². The molecule has 0 fully saturated rings. The largest absolute Gasteiger partial charge is 0.294 e. The summed E-state index contributed by atoms with van der Waals surface area (Å²) in [5.74, 6) is 0.651. The normalized spacial score (nSPS) is 10.4. The summed E-state index contributed by atoms with van der Waals surface area (Å²) in [5, 5.41) is 0. The molecule has 0 N–H and O–H groups in total. The number of carbonyl (C=O) groups is 1. The van der Waals surface area contributed by atoms with Gasteiger partial charge in [0.05, 0.1) is 6.42 Å². The highest BCUT2D eigenvalue weighted by molar-refractivity contribution is 5.99. The first kappa shape index (κ1) is 12.4. The van der Waals surface area contributed by atoms with Gasteiger partial charge in [-0.2, -0.15) is 0 Å². The van der Waals surface area contributed by atoms with Crippen molar-refractivity contribution in [3.8, 4) is 0 Å². The van der Waals surface area contributed by atoms with Crippen molar-refractivity contribution < 1.29 is 4.79 Å². The number of nitrogens with zero attached hydrogens (tertiary/aromatic N) is 2. The standard InChI is InChI=1S/C15H16N2O/c1-10-7-11(2)15(12(3)8-10)13(18)9-14-16-5-4-6-17-14/h4-8H,9H2,1-3H3. The van der Waals surface area contributed by atoms with Gasteiger partial charge in [-0.05, 0) is 38.0 Å². The molecular formula is C15H16N2O. The number of hydrogen-bond donors (Lipinski definition) is 0. The Balaban J connectivity index is 2.30. The number of aromatic nitrogens is 2. The fourth-order valence-corrected chi connectivity index (χ4v) is 2.27. The van der Waals surface area contributed by atoms with Crippen LogP contribution in [0, 0.1) is 20.8 Å². The molecule has 0 aliphatic carbocycles. The molecule has 1 aromatic heterocycles. The van der Waals surface area contributed by atoms with Crippen LogP contribution in [0.1, 0.15) is 32.9 Å². The van der Waals surface area contributed by atoms with Crippen molar-refractivity contribution in [3.63, 3.8) is 0 Å². The highest BCUT2D eigenvalue weighted by atomic mass is 16.1. The molecule has 0 unspecified atom stereocenters. The Morgan fingerprint density at radius 3 is 2.17 bits per heavy atom. The molecule has 0 saturated carbocycles. The Kier molecular flexibility index (Phi) is 3.51. The van der Waals surface area contributed by atoms with E-state index in [1.807, 2.05) is 32.9 Å². The molecule has 0 amide bonds. The third-order valence-corrected chi connectivity index (χ3v) is 2.89. The summed E-state index contributed by atoms with van der Waals surface area (Å²) in [6, 6.07) is 5.81. The lowest BCUT2D eigenvalue weighted by molar-refractivity contribution is 0.0989. The minimum atomic E-state index is 0.0798. The third kappa shape index (κ3) is 2.62. The van der Waals surface area contributed by atoms with Gasteiger partial charge in [0.25, 0.3) is 0 Å². The van der Waals surface area contributed by atoms with E-state index in [0.29, 0.717) is 5.82 Å². The fourth-order valence-electron chi connectivity index (χ4n) is 2.27. The maximum absolute atomic E-state index is 12.3. The van der Waals surface area contributed by atoms with E-state index >= 15 is 0 Å². The maximum atomic E-state index is 12.3.